The van der Waals surface area contributed by atoms with E-state index in [9.17, 15) is 0 Å². The predicted molar refractivity (Wildman–Crippen MR) is 76.5 cm³/mol. The van der Waals surface area contributed by atoms with Crippen LogP contribution in [0.5, 0.6) is 0 Å². The third-order valence-electron chi connectivity index (χ3n) is 3.76. The molecule has 1 aromatic rings. The second kappa shape index (κ2) is 6.80. The van der Waals surface area contributed by atoms with Gasteiger partial charge in [-0.25, -0.2) is 0 Å². The maximum absolute atomic E-state index is 3.46. The van der Waals surface area contributed by atoms with Gasteiger partial charge in [0, 0.05) is 6.04 Å². The highest BCUT2D eigenvalue weighted by Gasteiger charge is 2.12. The lowest BCUT2D eigenvalue weighted by atomic mass is 9.92. The molecule has 0 bridgehead atoms. The third kappa shape index (κ3) is 4.51. The summed E-state index contributed by atoms with van der Waals surface area (Å²) in [6.07, 6.45) is 3.68. The molecule has 1 heteroatoms. The Kier molecular flexibility index (Phi) is 5.70. The van der Waals surface area contributed by atoms with Crippen LogP contribution in [-0.4, -0.2) is 13.1 Å². The number of benzene rings is 1. The van der Waals surface area contributed by atoms with Crippen molar-refractivity contribution in [2.24, 2.45) is 5.92 Å². The second-order valence-electron chi connectivity index (χ2n) is 5.37. The smallest absolute Gasteiger partial charge is 0.0107 e. The standard InChI is InChI=1S/C16H27N/c1-6-12(2)10-16(17-5)11-15-9-13(3)7-8-14(15)4/h7-9,12,16-17H,6,10-11H2,1-5H3. The first-order chi connectivity index (χ1) is 8.06. The maximum Gasteiger partial charge on any atom is 0.0107 e. The lowest BCUT2D eigenvalue weighted by Gasteiger charge is -2.21. The zero-order valence-corrected chi connectivity index (χ0v) is 12.0. The highest BCUT2D eigenvalue weighted by Crippen LogP contribution is 2.17. The van der Waals surface area contributed by atoms with Gasteiger partial charge in [0.1, 0.15) is 0 Å². The summed E-state index contributed by atoms with van der Waals surface area (Å²) in [5, 5.41) is 3.46. The molecular weight excluding hydrogens is 206 g/mol. The zero-order valence-electron chi connectivity index (χ0n) is 12.0. The van der Waals surface area contributed by atoms with E-state index in [1.54, 1.807) is 0 Å². The molecule has 0 aliphatic rings. The highest BCUT2D eigenvalue weighted by atomic mass is 14.9. The normalized spacial score (nSPS) is 14.6. The van der Waals surface area contributed by atoms with Crippen molar-refractivity contribution in [1.82, 2.24) is 5.32 Å². The Bertz CT molecular complexity index is 343. The zero-order chi connectivity index (χ0) is 12.8. The lowest BCUT2D eigenvalue weighted by Crippen LogP contribution is -2.29. The first-order valence-corrected chi connectivity index (χ1v) is 6.80. The fraction of sp³-hybridized carbons (Fsp3) is 0.625. The second-order valence-corrected chi connectivity index (χ2v) is 5.37. The average molecular weight is 233 g/mol. The topological polar surface area (TPSA) is 12.0 Å². The molecule has 0 fully saturated rings. The van der Waals surface area contributed by atoms with E-state index in [0.29, 0.717) is 6.04 Å². The first-order valence-electron chi connectivity index (χ1n) is 6.80. The number of nitrogens with one attached hydrogen (secondary N) is 1. The van der Waals surface area contributed by atoms with Crippen molar-refractivity contribution in [1.29, 1.82) is 0 Å². The van der Waals surface area contributed by atoms with E-state index in [1.165, 1.54) is 29.5 Å². The molecule has 0 radical (unpaired) electrons. The number of likely N-dealkylation sites (N-methyl/N-ethyl adjacent to an activating group) is 1. The Morgan fingerprint density at radius 1 is 1.24 bits per heavy atom. The summed E-state index contributed by atoms with van der Waals surface area (Å²) in [5.74, 6) is 0.803. The quantitative estimate of drug-likeness (QED) is 0.786. The van der Waals surface area contributed by atoms with Gasteiger partial charge in [-0.05, 0) is 50.8 Å². The van der Waals surface area contributed by atoms with Gasteiger partial charge in [-0.1, -0.05) is 44.0 Å². The van der Waals surface area contributed by atoms with Crippen LogP contribution in [0.15, 0.2) is 18.2 Å². The van der Waals surface area contributed by atoms with Gasteiger partial charge < -0.3 is 5.32 Å². The van der Waals surface area contributed by atoms with E-state index in [2.05, 4.69) is 58.3 Å². The van der Waals surface area contributed by atoms with E-state index < -0.39 is 0 Å². The molecule has 2 unspecified atom stereocenters. The lowest BCUT2D eigenvalue weighted by molar-refractivity contribution is 0.410. The Labute approximate surface area is 107 Å². The molecule has 0 spiro atoms. The van der Waals surface area contributed by atoms with Crippen LogP contribution in [0.4, 0.5) is 0 Å². The number of aryl methyl sites for hydroxylation is 2. The summed E-state index contributed by atoms with van der Waals surface area (Å²) >= 11 is 0. The Morgan fingerprint density at radius 3 is 2.53 bits per heavy atom. The monoisotopic (exact) mass is 233 g/mol. The molecule has 0 aliphatic heterocycles. The number of rotatable bonds is 6. The minimum Gasteiger partial charge on any atom is -0.317 e. The molecule has 0 saturated carbocycles. The van der Waals surface area contributed by atoms with Crippen molar-refractivity contribution in [3.8, 4) is 0 Å². The van der Waals surface area contributed by atoms with Crippen LogP contribution >= 0.6 is 0 Å². The molecule has 2 atom stereocenters. The predicted octanol–water partition coefficient (Wildman–Crippen LogP) is 3.87. The van der Waals surface area contributed by atoms with Gasteiger partial charge in [-0.2, -0.15) is 0 Å². The van der Waals surface area contributed by atoms with Crippen molar-refractivity contribution in [3.63, 3.8) is 0 Å². The summed E-state index contributed by atoms with van der Waals surface area (Å²) in [7, 11) is 2.08. The summed E-state index contributed by atoms with van der Waals surface area (Å²) in [4.78, 5) is 0. The van der Waals surface area contributed by atoms with E-state index in [4.69, 9.17) is 0 Å². The van der Waals surface area contributed by atoms with Gasteiger partial charge >= 0.3 is 0 Å². The molecule has 1 nitrogen and oxygen atoms in total. The van der Waals surface area contributed by atoms with Gasteiger partial charge in [0.15, 0.2) is 0 Å². The molecule has 0 aromatic heterocycles. The third-order valence-corrected chi connectivity index (χ3v) is 3.76. The average Bonchev–Trinajstić information content (AvgIpc) is 2.32. The molecule has 1 rings (SSSR count). The van der Waals surface area contributed by atoms with Gasteiger partial charge in [0.05, 0.1) is 0 Å². The summed E-state index contributed by atoms with van der Waals surface area (Å²) in [5.41, 5.74) is 4.27. The fourth-order valence-corrected chi connectivity index (χ4v) is 2.24. The minimum absolute atomic E-state index is 0.602. The van der Waals surface area contributed by atoms with Crippen LogP contribution < -0.4 is 5.32 Å². The van der Waals surface area contributed by atoms with Gasteiger partial charge in [-0.3, -0.25) is 0 Å². The highest BCUT2D eigenvalue weighted by molar-refractivity contribution is 5.31. The molecule has 0 aliphatic carbocycles. The molecule has 0 heterocycles. The Hall–Kier alpha value is -0.820. The Morgan fingerprint density at radius 2 is 1.94 bits per heavy atom. The summed E-state index contributed by atoms with van der Waals surface area (Å²) < 4.78 is 0. The molecule has 0 amide bonds. The fourth-order valence-electron chi connectivity index (χ4n) is 2.24. The van der Waals surface area contributed by atoms with Gasteiger partial charge in [-0.15, -0.1) is 0 Å². The van der Waals surface area contributed by atoms with Crippen LogP contribution in [0.3, 0.4) is 0 Å². The molecule has 1 N–H and O–H groups in total. The van der Waals surface area contributed by atoms with E-state index in [1.807, 2.05) is 0 Å². The van der Waals surface area contributed by atoms with Crippen LogP contribution in [-0.2, 0) is 6.42 Å². The Balaban J connectivity index is 2.69. The number of hydrogen-bond acceptors (Lipinski definition) is 1. The minimum atomic E-state index is 0.602. The first kappa shape index (κ1) is 14.2. The molecule has 96 valence electrons. The largest absolute Gasteiger partial charge is 0.317 e. The molecule has 1 aromatic carbocycles. The number of hydrogen-bond donors (Lipinski definition) is 1. The van der Waals surface area contributed by atoms with Crippen LogP contribution in [0.2, 0.25) is 0 Å². The van der Waals surface area contributed by atoms with Crippen molar-refractivity contribution < 1.29 is 0 Å². The van der Waals surface area contributed by atoms with Gasteiger partial charge in [0.25, 0.3) is 0 Å². The maximum atomic E-state index is 3.46. The van der Waals surface area contributed by atoms with Crippen LogP contribution in [0.1, 0.15) is 43.4 Å². The van der Waals surface area contributed by atoms with Crippen LogP contribution in [0, 0.1) is 19.8 Å². The van der Waals surface area contributed by atoms with Crippen molar-refractivity contribution in [2.45, 2.75) is 53.0 Å². The van der Waals surface area contributed by atoms with Crippen molar-refractivity contribution in [3.05, 3.63) is 34.9 Å². The SMILES string of the molecule is CCC(C)CC(Cc1cc(C)ccc1C)NC. The van der Waals surface area contributed by atoms with Gasteiger partial charge in [0.2, 0.25) is 0 Å². The summed E-state index contributed by atoms with van der Waals surface area (Å²) in [6, 6.07) is 7.36. The summed E-state index contributed by atoms with van der Waals surface area (Å²) in [6.45, 7) is 9.00. The van der Waals surface area contributed by atoms with E-state index in [0.717, 1.165) is 12.3 Å². The van der Waals surface area contributed by atoms with Crippen molar-refractivity contribution >= 4 is 0 Å². The van der Waals surface area contributed by atoms with E-state index >= 15 is 0 Å². The molecule has 17 heavy (non-hydrogen) atoms. The van der Waals surface area contributed by atoms with Crippen LogP contribution in [0.25, 0.3) is 0 Å². The van der Waals surface area contributed by atoms with Crippen molar-refractivity contribution in [2.75, 3.05) is 7.05 Å². The molecule has 0 saturated heterocycles. The van der Waals surface area contributed by atoms with E-state index in [-0.39, 0.29) is 0 Å². The molecular formula is C16H27N.